The molecule has 1 aromatic heterocycles. The Morgan fingerprint density at radius 3 is 3.12 bits per heavy atom. The summed E-state index contributed by atoms with van der Waals surface area (Å²) in [6.45, 7) is 7.61. The van der Waals surface area contributed by atoms with E-state index in [0.717, 1.165) is 82.7 Å². The fourth-order valence-corrected chi connectivity index (χ4v) is 2.99. The number of ether oxygens (including phenoxy) is 2. The van der Waals surface area contributed by atoms with Crippen LogP contribution in [0.4, 0.5) is 0 Å². The van der Waals surface area contributed by atoms with Gasteiger partial charge in [0.1, 0.15) is 12.4 Å². The first-order valence-electron chi connectivity index (χ1n) is 8.99. The predicted octanol–water partition coefficient (Wildman–Crippen LogP) is 1.09. The van der Waals surface area contributed by atoms with Crippen LogP contribution in [0.15, 0.2) is 4.99 Å². The lowest BCUT2D eigenvalue weighted by Gasteiger charge is -2.13. The number of hydrogen-bond donors (Lipinski definition) is 2. The summed E-state index contributed by atoms with van der Waals surface area (Å²) in [6.07, 6.45) is 4.43. The lowest BCUT2D eigenvalue weighted by molar-refractivity contribution is 0.0420. The molecular weight excluding hydrogens is 435 g/mol. The van der Waals surface area contributed by atoms with Crippen molar-refractivity contribution in [2.45, 2.75) is 51.8 Å². The number of rotatable bonds is 8. The first-order valence-corrected chi connectivity index (χ1v) is 8.99. The molecule has 9 heteroatoms. The highest BCUT2D eigenvalue weighted by atomic mass is 127. The molecule has 0 aliphatic carbocycles. The van der Waals surface area contributed by atoms with E-state index in [-0.39, 0.29) is 30.1 Å². The zero-order valence-electron chi connectivity index (χ0n) is 14.9. The SMILES string of the molecule is CCNC(=NCc1nnc2n1CCC2)NCCCOC1CCOC1.I. The van der Waals surface area contributed by atoms with Gasteiger partial charge < -0.3 is 24.7 Å². The van der Waals surface area contributed by atoms with E-state index in [2.05, 4.69) is 37.3 Å². The van der Waals surface area contributed by atoms with Crippen molar-refractivity contribution in [3.63, 3.8) is 0 Å². The van der Waals surface area contributed by atoms with Crippen molar-refractivity contribution in [2.24, 2.45) is 4.99 Å². The van der Waals surface area contributed by atoms with E-state index in [1.807, 2.05) is 0 Å². The Balaban J connectivity index is 0.00000225. The lowest BCUT2D eigenvalue weighted by atomic mass is 10.3. The summed E-state index contributed by atoms with van der Waals surface area (Å²) in [4.78, 5) is 4.62. The fraction of sp³-hybridized carbons (Fsp3) is 0.812. The van der Waals surface area contributed by atoms with Gasteiger partial charge in [0.2, 0.25) is 0 Å². The highest BCUT2D eigenvalue weighted by Crippen LogP contribution is 2.14. The van der Waals surface area contributed by atoms with Crippen molar-refractivity contribution < 1.29 is 9.47 Å². The van der Waals surface area contributed by atoms with Crippen LogP contribution in [0.5, 0.6) is 0 Å². The standard InChI is InChI=1S/C16H28N6O2.HI/c1-2-17-16(18-7-4-9-24-13-6-10-23-12-13)19-11-15-21-20-14-5-3-8-22(14)15;/h13H,2-12H2,1H3,(H2,17,18,19);1H. The van der Waals surface area contributed by atoms with Crippen molar-refractivity contribution in [1.29, 1.82) is 0 Å². The molecule has 1 unspecified atom stereocenters. The molecule has 142 valence electrons. The van der Waals surface area contributed by atoms with Gasteiger partial charge in [-0.25, -0.2) is 4.99 Å². The van der Waals surface area contributed by atoms with E-state index in [4.69, 9.17) is 9.47 Å². The highest BCUT2D eigenvalue weighted by Gasteiger charge is 2.17. The van der Waals surface area contributed by atoms with E-state index in [1.165, 1.54) is 0 Å². The van der Waals surface area contributed by atoms with E-state index in [1.54, 1.807) is 0 Å². The summed E-state index contributed by atoms with van der Waals surface area (Å²) in [5.41, 5.74) is 0. The fourth-order valence-electron chi connectivity index (χ4n) is 2.99. The van der Waals surface area contributed by atoms with Crippen molar-refractivity contribution in [3.05, 3.63) is 11.6 Å². The number of aromatic nitrogens is 3. The number of hydrogen-bond acceptors (Lipinski definition) is 5. The van der Waals surface area contributed by atoms with Crippen LogP contribution in [-0.2, 0) is 29.0 Å². The Morgan fingerprint density at radius 2 is 2.32 bits per heavy atom. The van der Waals surface area contributed by atoms with Gasteiger partial charge in [0.15, 0.2) is 11.8 Å². The van der Waals surface area contributed by atoms with Gasteiger partial charge in [-0.05, 0) is 26.2 Å². The molecule has 0 radical (unpaired) electrons. The molecule has 2 aliphatic heterocycles. The van der Waals surface area contributed by atoms with Gasteiger partial charge in [0.05, 0.1) is 12.7 Å². The van der Waals surface area contributed by atoms with Crippen molar-refractivity contribution >= 4 is 29.9 Å². The zero-order chi connectivity index (χ0) is 16.6. The largest absolute Gasteiger partial charge is 0.379 e. The average molecular weight is 464 g/mol. The van der Waals surface area contributed by atoms with Crippen LogP contribution in [-0.4, -0.2) is 59.7 Å². The Kier molecular flexibility index (Phi) is 8.90. The van der Waals surface area contributed by atoms with Gasteiger partial charge in [-0.3, -0.25) is 0 Å². The third kappa shape index (κ3) is 6.07. The van der Waals surface area contributed by atoms with E-state index in [9.17, 15) is 0 Å². The molecule has 2 N–H and O–H groups in total. The van der Waals surface area contributed by atoms with Gasteiger partial charge in [-0.15, -0.1) is 34.2 Å². The Bertz CT molecular complexity index is 545. The highest BCUT2D eigenvalue weighted by molar-refractivity contribution is 14.0. The second kappa shape index (κ2) is 10.9. The Hall–Kier alpha value is -0.940. The van der Waals surface area contributed by atoms with Crippen LogP contribution >= 0.6 is 24.0 Å². The molecule has 0 aromatic carbocycles. The monoisotopic (exact) mass is 464 g/mol. The van der Waals surface area contributed by atoms with E-state index >= 15 is 0 Å². The molecule has 3 rings (SSSR count). The molecule has 8 nitrogen and oxygen atoms in total. The van der Waals surface area contributed by atoms with Crippen LogP contribution in [0, 0.1) is 0 Å². The summed E-state index contributed by atoms with van der Waals surface area (Å²) >= 11 is 0. The van der Waals surface area contributed by atoms with Crippen LogP contribution in [0.3, 0.4) is 0 Å². The minimum atomic E-state index is 0. The van der Waals surface area contributed by atoms with Crippen LogP contribution in [0.2, 0.25) is 0 Å². The molecule has 3 heterocycles. The quantitative estimate of drug-likeness (QED) is 0.260. The van der Waals surface area contributed by atoms with Crippen molar-refractivity contribution in [3.8, 4) is 0 Å². The molecule has 0 amide bonds. The van der Waals surface area contributed by atoms with Crippen molar-refractivity contribution in [1.82, 2.24) is 25.4 Å². The maximum Gasteiger partial charge on any atom is 0.191 e. The van der Waals surface area contributed by atoms with Crippen LogP contribution in [0.25, 0.3) is 0 Å². The number of guanidine groups is 1. The Labute approximate surface area is 166 Å². The molecule has 0 saturated carbocycles. The molecule has 0 spiro atoms. The second-order valence-corrected chi connectivity index (χ2v) is 6.12. The molecule has 0 bridgehead atoms. The molecule has 1 atom stereocenters. The van der Waals surface area contributed by atoms with Gasteiger partial charge in [0.25, 0.3) is 0 Å². The molecule has 25 heavy (non-hydrogen) atoms. The summed E-state index contributed by atoms with van der Waals surface area (Å²) in [7, 11) is 0. The molecule has 2 aliphatic rings. The third-order valence-corrected chi connectivity index (χ3v) is 4.26. The van der Waals surface area contributed by atoms with E-state index < -0.39 is 0 Å². The van der Waals surface area contributed by atoms with E-state index in [0.29, 0.717) is 6.54 Å². The molecule has 1 fully saturated rings. The summed E-state index contributed by atoms with van der Waals surface area (Å²) in [5, 5.41) is 15.1. The molecular formula is C16H29IN6O2. The number of aryl methyl sites for hydroxylation is 1. The minimum absolute atomic E-state index is 0. The maximum atomic E-state index is 5.77. The summed E-state index contributed by atoms with van der Waals surface area (Å²) in [6, 6.07) is 0. The van der Waals surface area contributed by atoms with Crippen molar-refractivity contribution in [2.75, 3.05) is 32.9 Å². The Morgan fingerprint density at radius 1 is 1.40 bits per heavy atom. The smallest absolute Gasteiger partial charge is 0.191 e. The number of aliphatic imine (C=N–C) groups is 1. The minimum Gasteiger partial charge on any atom is -0.379 e. The third-order valence-electron chi connectivity index (χ3n) is 4.26. The molecule has 1 aromatic rings. The van der Waals surface area contributed by atoms with Gasteiger partial charge >= 0.3 is 0 Å². The van der Waals surface area contributed by atoms with Gasteiger partial charge in [-0.2, -0.15) is 0 Å². The lowest BCUT2D eigenvalue weighted by Crippen LogP contribution is -2.38. The average Bonchev–Trinajstić information content (AvgIpc) is 3.31. The summed E-state index contributed by atoms with van der Waals surface area (Å²) in [5.74, 6) is 2.85. The molecule has 1 saturated heterocycles. The first kappa shape index (κ1) is 20.4. The number of halogens is 1. The topological polar surface area (TPSA) is 85.6 Å². The first-order chi connectivity index (χ1) is 11.9. The van der Waals surface area contributed by atoms with Crippen LogP contribution in [0.1, 0.15) is 37.8 Å². The van der Waals surface area contributed by atoms with Gasteiger partial charge in [-0.1, -0.05) is 0 Å². The number of fused-ring (bicyclic) bond motifs is 1. The number of nitrogens with one attached hydrogen (secondary N) is 2. The predicted molar refractivity (Wildman–Crippen MR) is 106 cm³/mol. The maximum absolute atomic E-state index is 5.77. The normalized spacial score (nSPS) is 19.6. The summed E-state index contributed by atoms with van der Waals surface area (Å²) < 4.78 is 13.3. The zero-order valence-corrected chi connectivity index (χ0v) is 17.2. The number of nitrogens with zero attached hydrogens (tertiary/aromatic N) is 4. The van der Waals surface area contributed by atoms with Gasteiger partial charge in [0, 0.05) is 39.3 Å². The second-order valence-electron chi connectivity index (χ2n) is 6.12. The van der Waals surface area contributed by atoms with Crippen LogP contribution < -0.4 is 10.6 Å².